The molecule has 0 unspecified atom stereocenters. The number of piperidine rings is 1. The van der Waals surface area contributed by atoms with E-state index in [0.717, 1.165) is 17.9 Å². The molecular weight excluding hydrogens is 411 g/mol. The fourth-order valence-electron chi connectivity index (χ4n) is 4.31. The second-order valence-corrected chi connectivity index (χ2v) is 8.49. The van der Waals surface area contributed by atoms with Crippen molar-refractivity contribution >= 4 is 23.5 Å². The van der Waals surface area contributed by atoms with Crippen LogP contribution >= 0.6 is 0 Å². The van der Waals surface area contributed by atoms with Gasteiger partial charge in [-0.3, -0.25) is 4.79 Å². The maximum atomic E-state index is 13.5. The molecular formula is C24H29FN4O3. The number of hydrogen-bond acceptors (Lipinski definition) is 4. The average Bonchev–Trinajstić information content (AvgIpc) is 3.64. The number of carbonyl (C=O) groups excluding carboxylic acids is 1. The van der Waals surface area contributed by atoms with Gasteiger partial charge in [-0.1, -0.05) is 6.07 Å². The standard InChI is InChI=1S/C24H29FN4O3/c1-2-28(20-8-9-20)22-10-3-17(15-26-22)16-29(21-6-4-19(25)5-7-21)23(30)18-11-13-27(14-12-18)24(31)32/h3-7,10,15,18,20H,2,8-9,11-14,16H2,1H3,(H,31,32). The first-order chi connectivity index (χ1) is 15.5. The molecule has 2 amide bonds. The molecule has 2 fully saturated rings. The summed E-state index contributed by atoms with van der Waals surface area (Å²) in [7, 11) is 0. The summed E-state index contributed by atoms with van der Waals surface area (Å²) in [6, 6.07) is 10.5. The zero-order valence-corrected chi connectivity index (χ0v) is 18.3. The highest BCUT2D eigenvalue weighted by Crippen LogP contribution is 2.31. The SMILES string of the molecule is CCN(c1ccc(CN(C(=O)C2CCN(C(=O)O)CC2)c2ccc(F)cc2)cn1)C1CC1. The Hall–Kier alpha value is -3.16. The van der Waals surface area contributed by atoms with Crippen molar-refractivity contribution < 1.29 is 19.1 Å². The van der Waals surface area contributed by atoms with Crippen LogP contribution in [0.1, 0.15) is 38.2 Å². The van der Waals surface area contributed by atoms with E-state index >= 15 is 0 Å². The Balaban J connectivity index is 1.51. The van der Waals surface area contributed by atoms with Gasteiger partial charge < -0.3 is 19.8 Å². The third-order valence-corrected chi connectivity index (χ3v) is 6.29. The van der Waals surface area contributed by atoms with Crippen LogP contribution in [0.2, 0.25) is 0 Å². The maximum Gasteiger partial charge on any atom is 0.407 e. The lowest BCUT2D eigenvalue weighted by Gasteiger charge is -2.33. The maximum absolute atomic E-state index is 13.5. The monoisotopic (exact) mass is 440 g/mol. The largest absolute Gasteiger partial charge is 0.465 e. The molecule has 2 aromatic rings. The first kappa shape index (κ1) is 22.0. The molecule has 1 saturated heterocycles. The first-order valence-electron chi connectivity index (χ1n) is 11.2. The molecule has 1 aromatic heterocycles. The van der Waals surface area contributed by atoms with Gasteiger partial charge in [0.2, 0.25) is 5.91 Å². The number of nitrogens with zero attached hydrogens (tertiary/aromatic N) is 4. The number of halogens is 1. The van der Waals surface area contributed by atoms with Gasteiger partial charge in [-0.25, -0.2) is 14.2 Å². The van der Waals surface area contributed by atoms with E-state index in [1.807, 2.05) is 12.1 Å². The first-order valence-corrected chi connectivity index (χ1v) is 11.2. The number of pyridine rings is 1. The van der Waals surface area contributed by atoms with Crippen molar-refractivity contribution in [3.05, 3.63) is 54.0 Å². The number of amides is 2. The van der Waals surface area contributed by atoms with Gasteiger partial charge in [-0.15, -0.1) is 0 Å². The molecule has 0 atom stereocenters. The molecule has 1 saturated carbocycles. The third-order valence-electron chi connectivity index (χ3n) is 6.29. The number of carboxylic acid groups (broad SMARTS) is 1. The van der Waals surface area contributed by atoms with Crippen molar-refractivity contribution in [3.8, 4) is 0 Å². The summed E-state index contributed by atoms with van der Waals surface area (Å²) in [5.41, 5.74) is 1.51. The van der Waals surface area contributed by atoms with Crippen LogP contribution in [0.25, 0.3) is 0 Å². The molecule has 170 valence electrons. The van der Waals surface area contributed by atoms with E-state index in [1.54, 1.807) is 23.2 Å². The van der Waals surface area contributed by atoms with E-state index in [-0.39, 0.29) is 17.6 Å². The Morgan fingerprint density at radius 2 is 1.78 bits per heavy atom. The Morgan fingerprint density at radius 3 is 2.31 bits per heavy atom. The van der Waals surface area contributed by atoms with Crippen LogP contribution < -0.4 is 9.80 Å². The number of rotatable bonds is 7. The van der Waals surface area contributed by atoms with Gasteiger partial charge in [-0.05, 0) is 68.5 Å². The van der Waals surface area contributed by atoms with Crippen molar-refractivity contribution in [2.24, 2.45) is 5.92 Å². The molecule has 0 bridgehead atoms. The molecule has 1 aliphatic carbocycles. The molecule has 32 heavy (non-hydrogen) atoms. The highest BCUT2D eigenvalue weighted by molar-refractivity contribution is 5.95. The van der Waals surface area contributed by atoms with Crippen molar-refractivity contribution in [2.75, 3.05) is 29.4 Å². The van der Waals surface area contributed by atoms with Gasteiger partial charge >= 0.3 is 6.09 Å². The quantitative estimate of drug-likeness (QED) is 0.701. The van der Waals surface area contributed by atoms with Crippen LogP contribution in [-0.4, -0.2) is 52.7 Å². The Kier molecular flexibility index (Phi) is 6.58. The summed E-state index contributed by atoms with van der Waals surface area (Å²) >= 11 is 0. The second-order valence-electron chi connectivity index (χ2n) is 8.49. The van der Waals surface area contributed by atoms with Crippen molar-refractivity contribution in [3.63, 3.8) is 0 Å². The molecule has 8 heteroatoms. The van der Waals surface area contributed by atoms with Crippen LogP contribution in [0, 0.1) is 11.7 Å². The van der Waals surface area contributed by atoms with E-state index in [1.165, 1.54) is 29.9 Å². The van der Waals surface area contributed by atoms with Gasteiger partial charge in [-0.2, -0.15) is 0 Å². The lowest BCUT2D eigenvalue weighted by Crippen LogP contribution is -2.44. The minimum absolute atomic E-state index is 0.0705. The van der Waals surface area contributed by atoms with E-state index in [4.69, 9.17) is 0 Å². The Morgan fingerprint density at radius 1 is 1.09 bits per heavy atom. The number of carbonyl (C=O) groups is 2. The number of anilines is 2. The second kappa shape index (κ2) is 9.54. The van der Waals surface area contributed by atoms with E-state index in [9.17, 15) is 19.1 Å². The molecule has 0 spiro atoms. The minimum Gasteiger partial charge on any atom is -0.465 e. The Labute approximate surface area is 187 Å². The van der Waals surface area contributed by atoms with Gasteiger partial charge in [0.1, 0.15) is 11.6 Å². The topological polar surface area (TPSA) is 77.0 Å². The summed E-state index contributed by atoms with van der Waals surface area (Å²) in [6.45, 7) is 4.04. The zero-order valence-electron chi connectivity index (χ0n) is 18.3. The normalized spacial score (nSPS) is 16.6. The minimum atomic E-state index is -0.954. The summed E-state index contributed by atoms with van der Waals surface area (Å²) < 4.78 is 13.5. The smallest absolute Gasteiger partial charge is 0.407 e. The summed E-state index contributed by atoms with van der Waals surface area (Å²) in [5.74, 6) is 0.244. The van der Waals surface area contributed by atoms with Gasteiger partial charge in [0, 0.05) is 43.5 Å². The molecule has 4 rings (SSSR count). The van der Waals surface area contributed by atoms with E-state index in [2.05, 4.69) is 16.8 Å². The molecule has 1 aromatic carbocycles. The van der Waals surface area contributed by atoms with Crippen LogP contribution in [0.5, 0.6) is 0 Å². The van der Waals surface area contributed by atoms with Crippen LogP contribution in [0.4, 0.5) is 20.7 Å². The van der Waals surface area contributed by atoms with Crippen molar-refractivity contribution in [1.29, 1.82) is 0 Å². The molecule has 0 radical (unpaired) electrons. The summed E-state index contributed by atoms with van der Waals surface area (Å²) in [6.07, 6.45) is 4.21. The molecule has 1 N–H and O–H groups in total. The fourth-order valence-corrected chi connectivity index (χ4v) is 4.31. The average molecular weight is 441 g/mol. The number of likely N-dealkylation sites (tertiary alicyclic amines) is 1. The summed E-state index contributed by atoms with van der Waals surface area (Å²) in [5, 5.41) is 9.17. The van der Waals surface area contributed by atoms with Crippen LogP contribution in [-0.2, 0) is 11.3 Å². The van der Waals surface area contributed by atoms with Crippen LogP contribution in [0.15, 0.2) is 42.6 Å². The van der Waals surface area contributed by atoms with E-state index in [0.29, 0.717) is 44.2 Å². The lowest BCUT2D eigenvalue weighted by atomic mass is 9.95. The molecule has 2 heterocycles. The Bertz CT molecular complexity index is 939. The summed E-state index contributed by atoms with van der Waals surface area (Å²) in [4.78, 5) is 34.5. The van der Waals surface area contributed by atoms with E-state index < -0.39 is 6.09 Å². The molecule has 2 aliphatic rings. The lowest BCUT2D eigenvalue weighted by molar-refractivity contribution is -0.123. The van der Waals surface area contributed by atoms with Crippen molar-refractivity contribution in [1.82, 2.24) is 9.88 Å². The zero-order chi connectivity index (χ0) is 22.7. The molecule has 1 aliphatic heterocycles. The highest BCUT2D eigenvalue weighted by Gasteiger charge is 2.31. The van der Waals surface area contributed by atoms with Gasteiger partial charge in [0.05, 0.1) is 6.54 Å². The predicted octanol–water partition coefficient (Wildman–Crippen LogP) is 4.13. The molecule has 7 nitrogen and oxygen atoms in total. The number of aromatic nitrogens is 1. The van der Waals surface area contributed by atoms with Crippen molar-refractivity contribution in [2.45, 2.75) is 45.2 Å². The third kappa shape index (κ3) is 5.00. The van der Waals surface area contributed by atoms with Gasteiger partial charge in [0.15, 0.2) is 0 Å². The van der Waals surface area contributed by atoms with Gasteiger partial charge in [0.25, 0.3) is 0 Å². The number of benzene rings is 1. The number of hydrogen-bond donors (Lipinski definition) is 1. The highest BCUT2D eigenvalue weighted by atomic mass is 19.1. The predicted molar refractivity (Wildman–Crippen MR) is 120 cm³/mol. The van der Waals surface area contributed by atoms with Crippen LogP contribution in [0.3, 0.4) is 0 Å². The fraction of sp³-hybridized carbons (Fsp3) is 0.458.